The molecule has 1 saturated heterocycles. The van der Waals surface area contributed by atoms with E-state index in [0.717, 1.165) is 33.0 Å². The van der Waals surface area contributed by atoms with Gasteiger partial charge in [0.1, 0.15) is 0 Å². The summed E-state index contributed by atoms with van der Waals surface area (Å²) in [5.74, 6) is -2.75. The van der Waals surface area contributed by atoms with Gasteiger partial charge in [0.15, 0.2) is 0 Å². The van der Waals surface area contributed by atoms with E-state index in [2.05, 4.69) is 10.5 Å². The van der Waals surface area contributed by atoms with Crippen molar-refractivity contribution in [1.29, 1.82) is 0 Å². The highest BCUT2D eigenvalue weighted by molar-refractivity contribution is 6.27. The third-order valence-electron chi connectivity index (χ3n) is 9.66. The van der Waals surface area contributed by atoms with Crippen LogP contribution in [0.1, 0.15) is 33.7 Å². The zero-order chi connectivity index (χ0) is 31.6. The third-order valence-corrected chi connectivity index (χ3v) is 9.66. The molecule has 224 valence electrons. The van der Waals surface area contributed by atoms with Gasteiger partial charge in [-0.25, -0.2) is 10.3 Å². The van der Waals surface area contributed by atoms with Crippen LogP contribution in [-0.4, -0.2) is 28.9 Å². The summed E-state index contributed by atoms with van der Waals surface area (Å²) in [5, 5.41) is 17.2. The van der Waals surface area contributed by atoms with Gasteiger partial charge in [-0.1, -0.05) is 97.1 Å². The van der Waals surface area contributed by atoms with Crippen LogP contribution in [0.2, 0.25) is 0 Å². The largest absolute Gasteiger partial charge is 0.274 e. The first-order valence-electron chi connectivity index (χ1n) is 15.0. The molecule has 1 aliphatic heterocycles. The minimum absolute atomic E-state index is 0.0457. The van der Waals surface area contributed by atoms with Gasteiger partial charge in [0, 0.05) is 29.7 Å². The predicted molar refractivity (Wildman–Crippen MR) is 172 cm³/mol. The number of benzene rings is 5. The Bertz CT molecular complexity index is 2090. The lowest BCUT2D eigenvalue weighted by Crippen LogP contribution is -2.54. The lowest BCUT2D eigenvalue weighted by Gasteiger charge is -2.52. The molecule has 1 fully saturated rings. The lowest BCUT2D eigenvalue weighted by molar-refractivity contribution is -0.384. The minimum Gasteiger partial charge on any atom is -0.274 e. The van der Waals surface area contributed by atoms with Crippen LogP contribution < -0.4 is 10.3 Å². The number of hydrogen-bond acceptors (Lipinski definition) is 6. The monoisotopic (exact) mass is 606 g/mol. The molecule has 0 radical (unpaired) electrons. The Morgan fingerprint density at radius 1 is 0.826 bits per heavy atom. The molecule has 2 atom stereocenters. The highest BCUT2D eigenvalue weighted by Crippen LogP contribution is 2.63. The van der Waals surface area contributed by atoms with Crippen molar-refractivity contribution in [1.82, 2.24) is 5.43 Å². The number of carbonyl (C=O) groups is 3. The number of non-ortho nitro benzene ring substituents is 1. The predicted octanol–water partition coefficient (Wildman–Crippen LogP) is 5.64. The number of rotatable bonds is 6. The summed E-state index contributed by atoms with van der Waals surface area (Å²) in [4.78, 5) is 54.1. The molecule has 1 N–H and O–H groups in total. The minimum atomic E-state index is -1.13. The first kappa shape index (κ1) is 27.6. The van der Waals surface area contributed by atoms with Crippen LogP contribution in [0.25, 0.3) is 10.8 Å². The first-order valence-corrected chi connectivity index (χ1v) is 15.0. The summed E-state index contributed by atoms with van der Waals surface area (Å²) in [6.07, 6.45) is 1.58. The number of amides is 3. The Balaban J connectivity index is 1.23. The average Bonchev–Trinajstić information content (AvgIpc) is 3.35. The van der Waals surface area contributed by atoms with Gasteiger partial charge in [0.05, 0.1) is 34.3 Å². The molecular weight excluding hydrogens is 580 g/mol. The van der Waals surface area contributed by atoms with Crippen molar-refractivity contribution in [2.24, 2.45) is 16.9 Å². The highest BCUT2D eigenvalue weighted by Gasteiger charge is 2.68. The number of nitrogens with one attached hydrogen (secondary N) is 1. The average molecular weight is 607 g/mol. The zero-order valence-corrected chi connectivity index (χ0v) is 24.4. The van der Waals surface area contributed by atoms with Crippen molar-refractivity contribution in [3.05, 3.63) is 153 Å². The van der Waals surface area contributed by atoms with E-state index in [4.69, 9.17) is 0 Å². The summed E-state index contributed by atoms with van der Waals surface area (Å²) in [7, 11) is 0. The van der Waals surface area contributed by atoms with Gasteiger partial charge >= 0.3 is 0 Å². The Morgan fingerprint density at radius 2 is 1.46 bits per heavy atom. The van der Waals surface area contributed by atoms with Crippen molar-refractivity contribution in [2.45, 2.75) is 17.8 Å². The quantitative estimate of drug-likeness (QED) is 0.116. The summed E-state index contributed by atoms with van der Waals surface area (Å²) < 4.78 is 0. The normalized spacial score (nSPS) is 22.5. The number of imide groups is 1. The summed E-state index contributed by atoms with van der Waals surface area (Å²) in [6, 6.07) is 34.8. The molecule has 1 heterocycles. The Hall–Kier alpha value is -5.96. The van der Waals surface area contributed by atoms with Crippen LogP contribution in [0.3, 0.4) is 0 Å². The van der Waals surface area contributed by atoms with Gasteiger partial charge in [0.2, 0.25) is 17.7 Å². The molecule has 0 spiro atoms. The van der Waals surface area contributed by atoms with E-state index in [9.17, 15) is 24.5 Å². The van der Waals surface area contributed by atoms with Gasteiger partial charge in [-0.2, -0.15) is 5.10 Å². The number of fused-ring (bicyclic) bond motifs is 1. The van der Waals surface area contributed by atoms with Gasteiger partial charge in [-0.3, -0.25) is 24.5 Å². The summed E-state index contributed by atoms with van der Waals surface area (Å²) >= 11 is 0. The SMILES string of the molecule is O=C(Cc1ccc([N+](=O)[O-])cc1)N/N=C\C12c3ccccc3C(c3ccccc31)[C@H]1C(=O)N(c3cccc4ccccc34)C(=O)[C@@H]12. The van der Waals surface area contributed by atoms with Crippen LogP contribution in [0.15, 0.2) is 120 Å². The van der Waals surface area contributed by atoms with Crippen molar-refractivity contribution >= 4 is 46.1 Å². The second-order valence-electron chi connectivity index (χ2n) is 11.9. The lowest BCUT2D eigenvalue weighted by atomic mass is 9.47. The van der Waals surface area contributed by atoms with Crippen molar-refractivity contribution < 1.29 is 19.3 Å². The van der Waals surface area contributed by atoms with Crippen molar-refractivity contribution in [3.8, 4) is 0 Å². The fourth-order valence-electron chi connectivity index (χ4n) is 7.86. The van der Waals surface area contributed by atoms with E-state index < -0.39 is 28.1 Å². The number of anilines is 1. The second kappa shape index (κ2) is 10.3. The number of hydrogen-bond donors (Lipinski definition) is 1. The van der Waals surface area contributed by atoms with Gasteiger partial charge < -0.3 is 0 Å². The Kier molecular flexibility index (Phi) is 6.18. The molecule has 0 unspecified atom stereocenters. The molecular formula is C37H26N4O5. The summed E-state index contributed by atoms with van der Waals surface area (Å²) in [5.41, 5.74) is 6.27. The highest BCUT2D eigenvalue weighted by atomic mass is 16.6. The van der Waals surface area contributed by atoms with Crippen LogP contribution in [0.5, 0.6) is 0 Å². The van der Waals surface area contributed by atoms with Gasteiger partial charge in [-0.05, 0) is 39.3 Å². The van der Waals surface area contributed by atoms with Crippen molar-refractivity contribution in [2.75, 3.05) is 4.90 Å². The van der Waals surface area contributed by atoms with Crippen LogP contribution >= 0.6 is 0 Å². The van der Waals surface area contributed by atoms with E-state index in [-0.39, 0.29) is 29.8 Å². The standard InChI is InChI=1S/C37H26N4O5/c42-31(20-22-16-18-24(19-17-22)41(45)46)39-38-21-37-28-13-5-3-11-26(28)32(27-12-4-6-14-29(27)37)33-34(37)36(44)40(35(33)43)30-15-7-9-23-8-1-2-10-25(23)30/h1-19,21,32-34H,20H2,(H,39,42)/b38-21-/t32?,33-,34-,37?/m1/s1. The summed E-state index contributed by atoms with van der Waals surface area (Å²) in [6.45, 7) is 0. The molecule has 0 saturated carbocycles. The fourth-order valence-corrected chi connectivity index (χ4v) is 7.86. The molecule has 0 aromatic heterocycles. The first-order chi connectivity index (χ1) is 22.4. The van der Waals surface area contributed by atoms with Crippen LogP contribution in [0, 0.1) is 22.0 Å². The van der Waals surface area contributed by atoms with Gasteiger partial charge in [-0.15, -0.1) is 0 Å². The number of carbonyl (C=O) groups excluding carboxylic acids is 3. The smallest absolute Gasteiger partial charge is 0.269 e. The number of nitro benzene ring substituents is 1. The third kappa shape index (κ3) is 3.88. The maximum atomic E-state index is 14.7. The Morgan fingerprint density at radius 3 is 2.15 bits per heavy atom. The van der Waals surface area contributed by atoms with E-state index in [1.54, 1.807) is 6.21 Å². The molecule has 5 aromatic carbocycles. The molecule has 3 amide bonds. The van der Waals surface area contributed by atoms with E-state index in [1.807, 2.05) is 91.0 Å². The number of hydrazone groups is 1. The molecule has 9 rings (SSSR count). The van der Waals surface area contributed by atoms with E-state index in [1.165, 1.54) is 29.2 Å². The molecule has 5 aromatic rings. The van der Waals surface area contributed by atoms with E-state index >= 15 is 0 Å². The Labute approximate surface area is 263 Å². The molecule has 9 heteroatoms. The van der Waals surface area contributed by atoms with Crippen LogP contribution in [0.4, 0.5) is 11.4 Å². The fraction of sp³-hybridized carbons (Fsp3) is 0.135. The van der Waals surface area contributed by atoms with Crippen LogP contribution in [-0.2, 0) is 26.2 Å². The maximum Gasteiger partial charge on any atom is 0.269 e. The van der Waals surface area contributed by atoms with Gasteiger partial charge in [0.25, 0.3) is 5.69 Å². The van der Waals surface area contributed by atoms with E-state index in [0.29, 0.717) is 11.3 Å². The van der Waals surface area contributed by atoms with Crippen molar-refractivity contribution in [3.63, 3.8) is 0 Å². The maximum absolute atomic E-state index is 14.7. The topological polar surface area (TPSA) is 122 Å². The molecule has 3 aliphatic carbocycles. The number of nitro groups is 1. The second-order valence-corrected chi connectivity index (χ2v) is 11.9. The number of nitrogens with zero attached hydrogens (tertiary/aromatic N) is 3. The molecule has 9 nitrogen and oxygen atoms in total. The molecule has 46 heavy (non-hydrogen) atoms. The zero-order valence-electron chi connectivity index (χ0n) is 24.4. The molecule has 4 aliphatic rings. The molecule has 2 bridgehead atoms.